The van der Waals surface area contributed by atoms with E-state index in [0.717, 1.165) is 25.1 Å². The maximum atomic E-state index is 11.0. The average Bonchev–Trinajstić information content (AvgIpc) is 2.66. The molecule has 0 aromatic carbocycles. The second-order valence-electron chi connectivity index (χ2n) is 4.25. The van der Waals surface area contributed by atoms with Gasteiger partial charge >= 0.3 is 5.97 Å². The summed E-state index contributed by atoms with van der Waals surface area (Å²) in [7, 11) is 1.76. The molecule has 2 N–H and O–H groups in total. The molecule has 0 unspecified atom stereocenters. The van der Waals surface area contributed by atoms with E-state index in [2.05, 4.69) is 24.3 Å². The van der Waals surface area contributed by atoms with Crippen LogP contribution in [0.15, 0.2) is 6.20 Å². The Morgan fingerprint density at radius 2 is 2.18 bits per heavy atom. The van der Waals surface area contributed by atoms with Gasteiger partial charge in [-0.1, -0.05) is 26.7 Å². The minimum atomic E-state index is -0.919. The molecule has 0 saturated heterocycles. The van der Waals surface area contributed by atoms with Crippen molar-refractivity contribution in [3.8, 4) is 0 Å². The van der Waals surface area contributed by atoms with Crippen molar-refractivity contribution in [2.75, 3.05) is 6.54 Å². The van der Waals surface area contributed by atoms with Crippen molar-refractivity contribution in [2.24, 2.45) is 13.0 Å². The first kappa shape index (κ1) is 13.7. The monoisotopic (exact) mass is 239 g/mol. The zero-order valence-electron chi connectivity index (χ0n) is 10.7. The van der Waals surface area contributed by atoms with E-state index in [1.807, 2.05) is 0 Å². The Balaban J connectivity index is 2.57. The lowest BCUT2D eigenvalue weighted by Gasteiger charge is -2.13. The number of aromatic nitrogens is 2. The third kappa shape index (κ3) is 3.56. The summed E-state index contributed by atoms with van der Waals surface area (Å²) in [6.07, 6.45) is 3.68. The number of nitrogens with zero attached hydrogens (tertiary/aromatic N) is 2. The van der Waals surface area contributed by atoms with Crippen molar-refractivity contribution < 1.29 is 9.90 Å². The molecular formula is C12H21N3O2. The molecule has 1 rings (SSSR count). The third-order valence-corrected chi connectivity index (χ3v) is 3.17. The van der Waals surface area contributed by atoms with Crippen molar-refractivity contribution in [2.45, 2.75) is 33.2 Å². The highest BCUT2D eigenvalue weighted by atomic mass is 16.4. The summed E-state index contributed by atoms with van der Waals surface area (Å²) in [5.41, 5.74) is 1.01. The number of carbonyl (C=O) groups is 1. The summed E-state index contributed by atoms with van der Waals surface area (Å²) in [5.74, 6) is -0.270. The van der Waals surface area contributed by atoms with Crippen LogP contribution >= 0.6 is 0 Å². The fourth-order valence-corrected chi connectivity index (χ4v) is 1.82. The van der Waals surface area contributed by atoms with Gasteiger partial charge in [-0.15, -0.1) is 0 Å². The van der Waals surface area contributed by atoms with Crippen molar-refractivity contribution in [3.63, 3.8) is 0 Å². The van der Waals surface area contributed by atoms with Crippen LogP contribution in [-0.2, 0) is 13.6 Å². The minimum absolute atomic E-state index is 0.282. The van der Waals surface area contributed by atoms with Crippen LogP contribution in [0.4, 0.5) is 0 Å². The lowest BCUT2D eigenvalue weighted by atomic mass is 10.0. The quantitative estimate of drug-likeness (QED) is 0.759. The van der Waals surface area contributed by atoms with Crippen LogP contribution in [0, 0.1) is 5.92 Å². The first-order valence-electron chi connectivity index (χ1n) is 6.05. The van der Waals surface area contributed by atoms with Crippen LogP contribution in [0.5, 0.6) is 0 Å². The highest BCUT2D eigenvalue weighted by Crippen LogP contribution is 2.09. The highest BCUT2D eigenvalue weighted by molar-refractivity contribution is 5.88. The average molecular weight is 239 g/mol. The van der Waals surface area contributed by atoms with Gasteiger partial charge in [0, 0.05) is 13.6 Å². The van der Waals surface area contributed by atoms with E-state index in [1.165, 1.54) is 6.20 Å². The topological polar surface area (TPSA) is 67.2 Å². The maximum absolute atomic E-state index is 11.0. The van der Waals surface area contributed by atoms with Gasteiger partial charge in [0.1, 0.15) is 5.56 Å². The zero-order chi connectivity index (χ0) is 12.8. The molecule has 0 bridgehead atoms. The van der Waals surface area contributed by atoms with Gasteiger partial charge in [0.25, 0.3) is 0 Å². The summed E-state index contributed by atoms with van der Waals surface area (Å²) < 4.78 is 1.61. The fraction of sp³-hybridized carbons (Fsp3) is 0.667. The van der Waals surface area contributed by atoms with Crippen LogP contribution in [0.3, 0.4) is 0 Å². The summed E-state index contributed by atoms with van der Waals surface area (Å²) in [6, 6.07) is 0. The van der Waals surface area contributed by atoms with E-state index >= 15 is 0 Å². The number of carboxylic acids is 1. The molecule has 1 heterocycles. The molecule has 0 saturated carbocycles. The third-order valence-electron chi connectivity index (χ3n) is 3.17. The van der Waals surface area contributed by atoms with Gasteiger partial charge in [-0.25, -0.2) is 4.79 Å². The number of hydrogen-bond acceptors (Lipinski definition) is 3. The molecule has 0 aliphatic heterocycles. The standard InChI is InChI=1S/C12H21N3O2/c1-4-9(5-2)6-13-8-11-10(12(16)17)7-14-15(11)3/h7,9,13H,4-6,8H2,1-3H3,(H,16,17). The van der Waals surface area contributed by atoms with Crippen molar-refractivity contribution in [3.05, 3.63) is 17.5 Å². The fourth-order valence-electron chi connectivity index (χ4n) is 1.82. The lowest BCUT2D eigenvalue weighted by Crippen LogP contribution is -2.24. The van der Waals surface area contributed by atoms with E-state index in [-0.39, 0.29) is 5.56 Å². The van der Waals surface area contributed by atoms with E-state index in [9.17, 15) is 4.79 Å². The molecular weight excluding hydrogens is 218 g/mol. The number of aromatic carboxylic acids is 1. The molecule has 17 heavy (non-hydrogen) atoms. The normalized spacial score (nSPS) is 11.1. The smallest absolute Gasteiger partial charge is 0.339 e. The minimum Gasteiger partial charge on any atom is -0.478 e. The molecule has 0 fully saturated rings. The van der Waals surface area contributed by atoms with Gasteiger partial charge in [0.15, 0.2) is 0 Å². The molecule has 5 nitrogen and oxygen atoms in total. The Labute approximate surface area is 102 Å². The Hall–Kier alpha value is -1.36. The summed E-state index contributed by atoms with van der Waals surface area (Å²) in [5, 5.41) is 16.3. The zero-order valence-corrected chi connectivity index (χ0v) is 10.7. The van der Waals surface area contributed by atoms with E-state index < -0.39 is 5.97 Å². The molecule has 5 heteroatoms. The van der Waals surface area contributed by atoms with Crippen molar-refractivity contribution >= 4 is 5.97 Å². The molecule has 0 spiro atoms. The number of nitrogens with one attached hydrogen (secondary N) is 1. The molecule has 0 amide bonds. The highest BCUT2D eigenvalue weighted by Gasteiger charge is 2.14. The maximum Gasteiger partial charge on any atom is 0.339 e. The second-order valence-corrected chi connectivity index (χ2v) is 4.25. The SMILES string of the molecule is CCC(CC)CNCc1c(C(=O)O)cnn1C. The van der Waals surface area contributed by atoms with Gasteiger partial charge < -0.3 is 10.4 Å². The van der Waals surface area contributed by atoms with Crippen molar-refractivity contribution in [1.82, 2.24) is 15.1 Å². The Morgan fingerprint density at radius 3 is 2.71 bits per heavy atom. The first-order valence-corrected chi connectivity index (χ1v) is 6.05. The van der Waals surface area contributed by atoms with Gasteiger partial charge in [-0.05, 0) is 12.5 Å². The molecule has 0 aliphatic carbocycles. The van der Waals surface area contributed by atoms with E-state index in [4.69, 9.17) is 5.11 Å². The van der Waals surface area contributed by atoms with Gasteiger partial charge in [-0.3, -0.25) is 4.68 Å². The molecule has 0 aliphatic rings. The van der Waals surface area contributed by atoms with Crippen LogP contribution in [0.1, 0.15) is 42.7 Å². The summed E-state index contributed by atoms with van der Waals surface area (Å²) in [4.78, 5) is 11.0. The Kier molecular flexibility index (Phi) is 5.15. The van der Waals surface area contributed by atoms with Crippen LogP contribution < -0.4 is 5.32 Å². The molecule has 0 atom stereocenters. The first-order chi connectivity index (χ1) is 8.10. The largest absolute Gasteiger partial charge is 0.478 e. The number of hydrogen-bond donors (Lipinski definition) is 2. The van der Waals surface area contributed by atoms with Gasteiger partial charge in [0.2, 0.25) is 0 Å². The summed E-state index contributed by atoms with van der Waals surface area (Å²) >= 11 is 0. The Bertz CT molecular complexity index is 370. The predicted molar refractivity (Wildman–Crippen MR) is 65.9 cm³/mol. The van der Waals surface area contributed by atoms with E-state index in [0.29, 0.717) is 12.5 Å². The number of carboxylic acid groups (broad SMARTS) is 1. The van der Waals surface area contributed by atoms with Gasteiger partial charge in [0.05, 0.1) is 11.9 Å². The number of aryl methyl sites for hydroxylation is 1. The summed E-state index contributed by atoms with van der Waals surface area (Å²) in [6.45, 7) is 5.80. The molecule has 1 aromatic heterocycles. The molecule has 1 aromatic rings. The van der Waals surface area contributed by atoms with Crippen LogP contribution in [0.2, 0.25) is 0 Å². The van der Waals surface area contributed by atoms with Crippen LogP contribution in [0.25, 0.3) is 0 Å². The van der Waals surface area contributed by atoms with Crippen molar-refractivity contribution in [1.29, 1.82) is 0 Å². The van der Waals surface area contributed by atoms with Gasteiger partial charge in [-0.2, -0.15) is 5.10 Å². The van der Waals surface area contributed by atoms with Crippen LogP contribution in [-0.4, -0.2) is 27.4 Å². The Morgan fingerprint density at radius 1 is 1.53 bits per heavy atom. The molecule has 96 valence electrons. The predicted octanol–water partition coefficient (Wildman–Crippen LogP) is 1.64. The second kappa shape index (κ2) is 6.39. The van der Waals surface area contributed by atoms with E-state index in [1.54, 1.807) is 11.7 Å². The number of rotatable bonds is 7. The molecule has 0 radical (unpaired) electrons. The lowest BCUT2D eigenvalue weighted by molar-refractivity contribution is 0.0695.